The standard InChI is InChI=1S/C20H18N2O2/c1-2-23-20-21-17-12-18(24-13-14-8-4-3-5-9-14)15-10-6-7-11-16(15)19(17)22-20/h3-12H,2,13H2,1H3,(H,21,22). The van der Waals surface area contributed by atoms with Crippen LogP contribution in [0.5, 0.6) is 11.8 Å². The van der Waals surface area contributed by atoms with E-state index in [1.807, 2.05) is 43.3 Å². The number of nitrogens with zero attached hydrogens (tertiary/aromatic N) is 1. The molecule has 120 valence electrons. The molecule has 0 bridgehead atoms. The highest BCUT2D eigenvalue weighted by Gasteiger charge is 2.12. The van der Waals surface area contributed by atoms with E-state index in [4.69, 9.17) is 9.47 Å². The maximum Gasteiger partial charge on any atom is 0.294 e. The van der Waals surface area contributed by atoms with Crippen LogP contribution in [0, 0.1) is 0 Å². The van der Waals surface area contributed by atoms with Gasteiger partial charge in [-0.05, 0) is 12.5 Å². The molecule has 0 aliphatic heterocycles. The van der Waals surface area contributed by atoms with Crippen molar-refractivity contribution >= 4 is 21.8 Å². The number of aromatic amines is 1. The average Bonchev–Trinajstić information content (AvgIpc) is 3.03. The van der Waals surface area contributed by atoms with E-state index < -0.39 is 0 Å². The number of hydrogen-bond acceptors (Lipinski definition) is 3. The van der Waals surface area contributed by atoms with Gasteiger partial charge in [0.1, 0.15) is 17.9 Å². The van der Waals surface area contributed by atoms with Crippen molar-refractivity contribution in [2.75, 3.05) is 6.61 Å². The van der Waals surface area contributed by atoms with E-state index in [0.717, 1.165) is 33.1 Å². The highest BCUT2D eigenvalue weighted by molar-refractivity contribution is 6.07. The minimum atomic E-state index is 0.531. The molecule has 0 saturated heterocycles. The van der Waals surface area contributed by atoms with Crippen LogP contribution in [-0.2, 0) is 6.61 Å². The predicted molar refractivity (Wildman–Crippen MR) is 95.5 cm³/mol. The Morgan fingerprint density at radius 2 is 1.67 bits per heavy atom. The maximum absolute atomic E-state index is 6.09. The molecule has 0 fully saturated rings. The van der Waals surface area contributed by atoms with E-state index in [-0.39, 0.29) is 0 Å². The van der Waals surface area contributed by atoms with Gasteiger partial charge in [-0.2, -0.15) is 4.98 Å². The zero-order valence-electron chi connectivity index (χ0n) is 13.5. The summed E-state index contributed by atoms with van der Waals surface area (Å²) in [4.78, 5) is 7.77. The van der Waals surface area contributed by atoms with Gasteiger partial charge >= 0.3 is 0 Å². The first kappa shape index (κ1) is 14.6. The molecular formula is C20H18N2O2. The summed E-state index contributed by atoms with van der Waals surface area (Å²) in [6.07, 6.45) is 0. The molecule has 4 heteroatoms. The number of fused-ring (bicyclic) bond motifs is 3. The van der Waals surface area contributed by atoms with Crippen molar-refractivity contribution in [2.45, 2.75) is 13.5 Å². The quantitative estimate of drug-likeness (QED) is 0.580. The first-order chi connectivity index (χ1) is 11.8. The average molecular weight is 318 g/mol. The zero-order valence-corrected chi connectivity index (χ0v) is 13.5. The summed E-state index contributed by atoms with van der Waals surface area (Å²) in [5.74, 6) is 0.841. The van der Waals surface area contributed by atoms with E-state index >= 15 is 0 Å². The monoisotopic (exact) mass is 318 g/mol. The van der Waals surface area contributed by atoms with Gasteiger partial charge in [-0.15, -0.1) is 0 Å². The third-order valence-corrected chi connectivity index (χ3v) is 3.95. The SMILES string of the molecule is CCOc1nc2c(cc(OCc3ccccc3)c3ccccc32)[nH]1. The van der Waals surface area contributed by atoms with Crippen LogP contribution in [0.15, 0.2) is 60.7 Å². The van der Waals surface area contributed by atoms with Crippen molar-refractivity contribution in [3.05, 3.63) is 66.2 Å². The molecule has 0 radical (unpaired) electrons. The van der Waals surface area contributed by atoms with Crippen molar-refractivity contribution < 1.29 is 9.47 Å². The first-order valence-corrected chi connectivity index (χ1v) is 8.06. The third-order valence-electron chi connectivity index (χ3n) is 3.95. The van der Waals surface area contributed by atoms with Crippen LogP contribution in [0.2, 0.25) is 0 Å². The Balaban J connectivity index is 1.78. The van der Waals surface area contributed by atoms with Gasteiger partial charge < -0.3 is 14.5 Å². The summed E-state index contributed by atoms with van der Waals surface area (Å²) < 4.78 is 11.6. The van der Waals surface area contributed by atoms with Crippen LogP contribution in [0.3, 0.4) is 0 Å². The van der Waals surface area contributed by atoms with E-state index in [0.29, 0.717) is 19.2 Å². The highest BCUT2D eigenvalue weighted by atomic mass is 16.5. The second-order valence-electron chi connectivity index (χ2n) is 5.57. The largest absolute Gasteiger partial charge is 0.488 e. The first-order valence-electron chi connectivity index (χ1n) is 8.06. The molecule has 4 rings (SSSR count). The summed E-state index contributed by atoms with van der Waals surface area (Å²) in [5, 5.41) is 2.11. The Morgan fingerprint density at radius 1 is 0.917 bits per heavy atom. The highest BCUT2D eigenvalue weighted by Crippen LogP contribution is 2.33. The Kier molecular flexibility index (Phi) is 3.79. The molecule has 0 aliphatic rings. The molecule has 24 heavy (non-hydrogen) atoms. The fourth-order valence-electron chi connectivity index (χ4n) is 2.85. The van der Waals surface area contributed by atoms with Gasteiger partial charge in [0, 0.05) is 16.8 Å². The maximum atomic E-state index is 6.09. The number of hydrogen-bond donors (Lipinski definition) is 1. The number of ether oxygens (including phenoxy) is 2. The van der Waals surface area contributed by atoms with E-state index in [1.165, 1.54) is 0 Å². The second kappa shape index (κ2) is 6.24. The molecule has 0 atom stereocenters. The summed E-state index contributed by atoms with van der Waals surface area (Å²) >= 11 is 0. The smallest absolute Gasteiger partial charge is 0.294 e. The fourth-order valence-corrected chi connectivity index (χ4v) is 2.85. The molecule has 1 aromatic heterocycles. The number of nitrogens with one attached hydrogen (secondary N) is 1. The van der Waals surface area contributed by atoms with Crippen molar-refractivity contribution in [1.82, 2.24) is 9.97 Å². The molecule has 0 spiro atoms. The minimum absolute atomic E-state index is 0.531. The lowest BCUT2D eigenvalue weighted by atomic mass is 10.1. The van der Waals surface area contributed by atoms with E-state index in [9.17, 15) is 0 Å². The molecule has 0 unspecified atom stereocenters. The van der Waals surface area contributed by atoms with Crippen molar-refractivity contribution in [3.63, 3.8) is 0 Å². The molecule has 4 aromatic rings. The molecule has 0 amide bonds. The molecule has 4 nitrogen and oxygen atoms in total. The number of rotatable bonds is 5. The summed E-state index contributed by atoms with van der Waals surface area (Å²) in [6, 6.07) is 20.8. The van der Waals surface area contributed by atoms with Crippen LogP contribution in [0.1, 0.15) is 12.5 Å². The Labute approximate surface area is 140 Å². The second-order valence-corrected chi connectivity index (χ2v) is 5.57. The lowest BCUT2D eigenvalue weighted by molar-refractivity contribution is 0.310. The molecule has 3 aromatic carbocycles. The molecular weight excluding hydrogens is 300 g/mol. The van der Waals surface area contributed by atoms with Crippen LogP contribution in [-0.4, -0.2) is 16.6 Å². The van der Waals surface area contributed by atoms with Crippen LogP contribution in [0.4, 0.5) is 0 Å². The summed E-state index contributed by atoms with van der Waals surface area (Å²) in [7, 11) is 0. The van der Waals surface area contributed by atoms with Gasteiger partial charge in [-0.1, -0.05) is 54.6 Å². The Morgan fingerprint density at radius 3 is 2.46 bits per heavy atom. The van der Waals surface area contributed by atoms with Gasteiger partial charge in [-0.3, -0.25) is 0 Å². The Hall–Kier alpha value is -3.01. The van der Waals surface area contributed by atoms with Gasteiger partial charge in [0.05, 0.1) is 12.1 Å². The minimum Gasteiger partial charge on any atom is -0.488 e. The Bertz CT molecular complexity index is 977. The topological polar surface area (TPSA) is 47.1 Å². The van der Waals surface area contributed by atoms with Gasteiger partial charge in [0.2, 0.25) is 0 Å². The van der Waals surface area contributed by atoms with Gasteiger partial charge in [0.25, 0.3) is 6.01 Å². The lowest BCUT2D eigenvalue weighted by Crippen LogP contribution is -1.96. The van der Waals surface area contributed by atoms with E-state index in [2.05, 4.69) is 34.2 Å². The number of imidazole rings is 1. The third kappa shape index (κ3) is 2.67. The normalized spacial score (nSPS) is 11.0. The number of aromatic nitrogens is 2. The summed E-state index contributed by atoms with van der Waals surface area (Å²) in [5.41, 5.74) is 2.96. The van der Waals surface area contributed by atoms with Crippen LogP contribution >= 0.6 is 0 Å². The molecule has 1 N–H and O–H groups in total. The predicted octanol–water partition coefficient (Wildman–Crippen LogP) is 4.69. The van der Waals surface area contributed by atoms with E-state index in [1.54, 1.807) is 0 Å². The molecule has 0 saturated carbocycles. The van der Waals surface area contributed by atoms with Gasteiger partial charge in [0.15, 0.2) is 0 Å². The van der Waals surface area contributed by atoms with Crippen molar-refractivity contribution in [1.29, 1.82) is 0 Å². The van der Waals surface area contributed by atoms with Crippen LogP contribution in [0.25, 0.3) is 21.8 Å². The zero-order chi connectivity index (χ0) is 16.4. The lowest BCUT2D eigenvalue weighted by Gasteiger charge is -2.10. The summed E-state index contributed by atoms with van der Waals surface area (Å²) in [6.45, 7) is 3.05. The molecule has 0 aliphatic carbocycles. The fraction of sp³-hybridized carbons (Fsp3) is 0.150. The van der Waals surface area contributed by atoms with Crippen LogP contribution < -0.4 is 9.47 Å². The van der Waals surface area contributed by atoms with Crippen molar-refractivity contribution in [2.24, 2.45) is 0 Å². The van der Waals surface area contributed by atoms with Crippen molar-refractivity contribution in [3.8, 4) is 11.8 Å². The molecule has 1 heterocycles. The van der Waals surface area contributed by atoms with Gasteiger partial charge in [-0.25, -0.2) is 0 Å². The number of benzene rings is 3. The number of H-pyrrole nitrogens is 1.